The van der Waals surface area contributed by atoms with E-state index in [0.29, 0.717) is 11.7 Å². The molecule has 2 aromatic heterocycles. The Morgan fingerprint density at radius 2 is 2.12 bits per heavy atom. The molecular weight excluding hydrogens is 322 g/mol. The van der Waals surface area contributed by atoms with Crippen LogP contribution in [0.1, 0.15) is 27.0 Å². The number of nitrogens with one attached hydrogen (secondary N) is 1. The second-order valence-corrected chi connectivity index (χ2v) is 6.47. The first-order chi connectivity index (χ1) is 11.5. The number of hydrogen-bond donors (Lipinski definition) is 1. The van der Waals surface area contributed by atoms with Crippen molar-refractivity contribution in [2.24, 2.45) is 0 Å². The molecule has 0 fully saturated rings. The summed E-state index contributed by atoms with van der Waals surface area (Å²) in [7, 11) is 0. The van der Waals surface area contributed by atoms with Gasteiger partial charge < -0.3 is 4.57 Å². The van der Waals surface area contributed by atoms with Gasteiger partial charge in [0, 0.05) is 17.8 Å². The Kier molecular flexibility index (Phi) is 4.57. The zero-order valence-electron chi connectivity index (χ0n) is 13.4. The smallest absolute Gasteiger partial charge is 0.263 e. The molecule has 0 unspecified atom stereocenters. The standard InChI is InChI=1S/C18H17N3O2S/c1-12-5-6-13(2)14(10-12)11-21-8-3-4-15(17(21)23)16(22)20-18-19-7-9-24-18/h3-10H,11H2,1-2H3,(H,19,20,22). The Hall–Kier alpha value is -2.73. The average Bonchev–Trinajstić information content (AvgIpc) is 3.05. The van der Waals surface area contributed by atoms with Crippen LogP contribution >= 0.6 is 11.3 Å². The Morgan fingerprint density at radius 1 is 1.29 bits per heavy atom. The monoisotopic (exact) mass is 339 g/mol. The van der Waals surface area contributed by atoms with Gasteiger partial charge in [-0.1, -0.05) is 23.8 Å². The van der Waals surface area contributed by atoms with Gasteiger partial charge >= 0.3 is 0 Å². The Bertz CT molecular complexity index is 930. The van der Waals surface area contributed by atoms with Gasteiger partial charge in [0.15, 0.2) is 5.13 Å². The lowest BCUT2D eigenvalue weighted by Gasteiger charge is -2.11. The minimum atomic E-state index is -0.440. The second-order valence-electron chi connectivity index (χ2n) is 5.58. The lowest BCUT2D eigenvalue weighted by Crippen LogP contribution is -2.29. The number of hydrogen-bond acceptors (Lipinski definition) is 4. The zero-order valence-corrected chi connectivity index (χ0v) is 14.3. The van der Waals surface area contributed by atoms with E-state index >= 15 is 0 Å². The van der Waals surface area contributed by atoms with E-state index in [4.69, 9.17) is 0 Å². The Balaban J connectivity index is 1.89. The summed E-state index contributed by atoms with van der Waals surface area (Å²) in [5.41, 5.74) is 3.12. The van der Waals surface area contributed by atoms with Crippen LogP contribution < -0.4 is 10.9 Å². The molecule has 2 heterocycles. The molecule has 5 nitrogen and oxygen atoms in total. The SMILES string of the molecule is Cc1ccc(C)c(Cn2cccc(C(=O)Nc3nccs3)c2=O)c1. The molecule has 24 heavy (non-hydrogen) atoms. The highest BCUT2D eigenvalue weighted by atomic mass is 32.1. The predicted octanol–water partition coefficient (Wildman–Crippen LogP) is 3.22. The number of nitrogens with zero attached hydrogens (tertiary/aromatic N) is 2. The average molecular weight is 339 g/mol. The third-order valence-electron chi connectivity index (χ3n) is 3.76. The fourth-order valence-corrected chi connectivity index (χ4v) is 2.96. The number of aromatic nitrogens is 2. The minimum Gasteiger partial charge on any atom is -0.310 e. The van der Waals surface area contributed by atoms with Crippen LogP contribution in [0.3, 0.4) is 0 Å². The number of benzene rings is 1. The summed E-state index contributed by atoms with van der Waals surface area (Å²) < 4.78 is 1.55. The number of aryl methyl sites for hydroxylation is 2. The quantitative estimate of drug-likeness (QED) is 0.794. The highest BCUT2D eigenvalue weighted by Crippen LogP contribution is 2.13. The fraction of sp³-hybridized carbons (Fsp3) is 0.167. The van der Waals surface area contributed by atoms with Crippen LogP contribution in [0, 0.1) is 13.8 Å². The van der Waals surface area contributed by atoms with Gasteiger partial charge in [-0.05, 0) is 37.1 Å². The van der Waals surface area contributed by atoms with Gasteiger partial charge in [-0.25, -0.2) is 4.98 Å². The van der Waals surface area contributed by atoms with Gasteiger partial charge in [0.2, 0.25) is 0 Å². The van der Waals surface area contributed by atoms with Gasteiger partial charge in [0.25, 0.3) is 11.5 Å². The summed E-state index contributed by atoms with van der Waals surface area (Å²) >= 11 is 1.31. The minimum absolute atomic E-state index is 0.109. The first-order valence-electron chi connectivity index (χ1n) is 7.51. The van der Waals surface area contributed by atoms with Crippen LogP contribution in [0.5, 0.6) is 0 Å². The van der Waals surface area contributed by atoms with E-state index in [1.165, 1.54) is 17.4 Å². The first-order valence-corrected chi connectivity index (χ1v) is 8.39. The van der Waals surface area contributed by atoms with E-state index in [-0.39, 0.29) is 11.1 Å². The maximum absolute atomic E-state index is 12.6. The van der Waals surface area contributed by atoms with Crippen molar-refractivity contribution in [3.8, 4) is 0 Å². The number of carbonyl (C=O) groups is 1. The molecule has 0 radical (unpaired) electrons. The lowest BCUT2D eigenvalue weighted by atomic mass is 10.1. The van der Waals surface area contributed by atoms with E-state index in [9.17, 15) is 9.59 Å². The number of amides is 1. The van der Waals surface area contributed by atoms with Crippen LogP contribution in [0.15, 0.2) is 52.9 Å². The summed E-state index contributed by atoms with van der Waals surface area (Å²) in [6, 6.07) is 9.38. The normalized spacial score (nSPS) is 10.6. The van der Waals surface area contributed by atoms with Crippen LogP contribution in [0.25, 0.3) is 0 Å². The van der Waals surface area contributed by atoms with Crippen molar-refractivity contribution < 1.29 is 4.79 Å². The largest absolute Gasteiger partial charge is 0.310 e. The van der Waals surface area contributed by atoms with Gasteiger partial charge in [-0.3, -0.25) is 14.9 Å². The molecule has 0 spiro atoms. The van der Waals surface area contributed by atoms with Crippen LogP contribution in [-0.2, 0) is 6.54 Å². The second kappa shape index (κ2) is 6.80. The molecular formula is C18H17N3O2S. The predicted molar refractivity (Wildman–Crippen MR) is 95.8 cm³/mol. The molecule has 1 aromatic carbocycles. The third kappa shape index (κ3) is 3.44. The van der Waals surface area contributed by atoms with Gasteiger partial charge in [-0.2, -0.15) is 0 Å². The number of thiazole rings is 1. The Morgan fingerprint density at radius 3 is 2.88 bits per heavy atom. The van der Waals surface area contributed by atoms with Crippen molar-refractivity contribution in [1.82, 2.24) is 9.55 Å². The first kappa shape index (κ1) is 16.1. The van der Waals surface area contributed by atoms with Crippen molar-refractivity contribution in [1.29, 1.82) is 0 Å². The summed E-state index contributed by atoms with van der Waals surface area (Å²) in [6.07, 6.45) is 3.30. The van der Waals surface area contributed by atoms with Gasteiger partial charge in [-0.15, -0.1) is 11.3 Å². The number of pyridine rings is 1. The molecule has 3 rings (SSSR count). The van der Waals surface area contributed by atoms with Crippen LogP contribution in [0.2, 0.25) is 0 Å². The van der Waals surface area contributed by atoms with Crippen molar-refractivity contribution in [2.75, 3.05) is 5.32 Å². The van der Waals surface area contributed by atoms with E-state index in [0.717, 1.165) is 16.7 Å². The molecule has 1 amide bonds. The molecule has 0 atom stereocenters. The number of anilines is 1. The fourth-order valence-electron chi connectivity index (χ4n) is 2.44. The highest BCUT2D eigenvalue weighted by molar-refractivity contribution is 7.13. The summed E-state index contributed by atoms with van der Waals surface area (Å²) in [6.45, 7) is 4.47. The van der Waals surface area contributed by atoms with Crippen LogP contribution in [0.4, 0.5) is 5.13 Å². The lowest BCUT2D eigenvalue weighted by molar-refractivity contribution is 0.102. The molecule has 0 aliphatic rings. The van der Waals surface area contributed by atoms with E-state index in [2.05, 4.69) is 16.4 Å². The molecule has 122 valence electrons. The molecule has 0 aliphatic carbocycles. The van der Waals surface area contributed by atoms with Crippen molar-refractivity contribution in [3.05, 3.63) is 80.7 Å². The van der Waals surface area contributed by atoms with E-state index < -0.39 is 5.91 Å². The highest BCUT2D eigenvalue weighted by Gasteiger charge is 2.14. The molecule has 0 aliphatic heterocycles. The Labute approximate surface area is 143 Å². The van der Waals surface area contributed by atoms with Crippen molar-refractivity contribution >= 4 is 22.4 Å². The molecule has 3 aromatic rings. The zero-order chi connectivity index (χ0) is 17.1. The molecule has 0 saturated carbocycles. The molecule has 1 N–H and O–H groups in total. The summed E-state index contributed by atoms with van der Waals surface area (Å²) in [5, 5.41) is 4.89. The van der Waals surface area contributed by atoms with Crippen molar-refractivity contribution in [2.45, 2.75) is 20.4 Å². The maximum Gasteiger partial charge on any atom is 0.263 e. The third-order valence-corrected chi connectivity index (χ3v) is 4.45. The number of carbonyl (C=O) groups excluding carboxylic acids is 1. The summed E-state index contributed by atoms with van der Waals surface area (Å²) in [5.74, 6) is -0.440. The van der Waals surface area contributed by atoms with Crippen molar-refractivity contribution in [3.63, 3.8) is 0 Å². The molecule has 0 saturated heterocycles. The summed E-state index contributed by atoms with van der Waals surface area (Å²) in [4.78, 5) is 28.9. The van der Waals surface area contributed by atoms with E-state index in [1.54, 1.807) is 28.4 Å². The molecule has 0 bridgehead atoms. The topological polar surface area (TPSA) is 64.0 Å². The van der Waals surface area contributed by atoms with Gasteiger partial charge in [0.1, 0.15) is 5.56 Å². The maximum atomic E-state index is 12.6. The van der Waals surface area contributed by atoms with Gasteiger partial charge in [0.05, 0.1) is 6.54 Å². The molecule has 6 heteroatoms. The number of rotatable bonds is 4. The van der Waals surface area contributed by atoms with E-state index in [1.807, 2.05) is 26.0 Å². The van der Waals surface area contributed by atoms with Crippen LogP contribution in [-0.4, -0.2) is 15.5 Å².